The number of rotatable bonds is 8. The molecule has 45 heavy (non-hydrogen) atoms. The Morgan fingerprint density at radius 1 is 0.800 bits per heavy atom. The molecule has 244 valence electrons. The number of thioether (sulfide) groups is 1. The van der Waals surface area contributed by atoms with Gasteiger partial charge in [-0.25, -0.2) is 0 Å². The van der Waals surface area contributed by atoms with Gasteiger partial charge in [-0.15, -0.1) is 0 Å². The van der Waals surface area contributed by atoms with Crippen molar-refractivity contribution < 1.29 is 57.4 Å². The van der Waals surface area contributed by atoms with E-state index in [0.717, 1.165) is 16.0 Å². The lowest BCUT2D eigenvalue weighted by Crippen LogP contribution is -2.66. The Bertz CT molecular complexity index is 1320. The van der Waals surface area contributed by atoms with Gasteiger partial charge in [0.15, 0.2) is 30.9 Å². The van der Waals surface area contributed by atoms with Crippen molar-refractivity contribution >= 4 is 29.7 Å². The SMILES string of the molecule is CC(=O)O[C@@H]1[C@@H](OC(C)=O)[C@H](C)O[C@@H](O[C@@H]2[C@@H](O)[C@H](Sc3ccc(C)cc3)O[C@@H]3CO[C@@H](c4ccccc4)O[C@@H]23)[C@@H]1OC(C)=O. The van der Waals surface area contributed by atoms with E-state index in [0.29, 0.717) is 0 Å². The average molecular weight is 647 g/mol. The number of aliphatic hydroxyl groups is 1. The second-order valence-corrected chi connectivity index (χ2v) is 12.3. The molecule has 1 N–H and O–H groups in total. The molecular formula is C32H38O12S. The maximum absolute atomic E-state index is 12.3. The summed E-state index contributed by atoms with van der Waals surface area (Å²) in [5.74, 6) is -2.05. The Morgan fingerprint density at radius 2 is 1.42 bits per heavy atom. The molecule has 5 rings (SSSR count). The Labute approximate surface area is 265 Å². The fourth-order valence-electron chi connectivity index (χ4n) is 5.58. The van der Waals surface area contributed by atoms with Crippen LogP contribution in [0.3, 0.4) is 0 Å². The quantitative estimate of drug-likeness (QED) is 0.331. The van der Waals surface area contributed by atoms with Crippen molar-refractivity contribution in [1.82, 2.24) is 0 Å². The minimum atomic E-state index is -1.36. The predicted octanol–water partition coefficient (Wildman–Crippen LogP) is 3.21. The summed E-state index contributed by atoms with van der Waals surface area (Å²) >= 11 is 1.31. The van der Waals surface area contributed by atoms with Gasteiger partial charge in [0.25, 0.3) is 0 Å². The molecule has 12 nitrogen and oxygen atoms in total. The van der Waals surface area contributed by atoms with E-state index in [9.17, 15) is 19.5 Å². The molecule has 3 saturated heterocycles. The zero-order chi connectivity index (χ0) is 32.2. The highest BCUT2D eigenvalue weighted by Gasteiger charge is 2.56. The van der Waals surface area contributed by atoms with Crippen LogP contribution in [0.15, 0.2) is 59.5 Å². The number of ether oxygens (including phenoxy) is 8. The lowest BCUT2D eigenvalue weighted by Gasteiger charge is -2.50. The number of hydrogen-bond acceptors (Lipinski definition) is 13. The van der Waals surface area contributed by atoms with Gasteiger partial charge < -0.3 is 43.0 Å². The summed E-state index contributed by atoms with van der Waals surface area (Å²) in [6.45, 7) is 7.30. The summed E-state index contributed by atoms with van der Waals surface area (Å²) in [4.78, 5) is 37.2. The fraction of sp³-hybridized carbons (Fsp3) is 0.531. The lowest BCUT2D eigenvalue weighted by molar-refractivity contribution is -0.364. The number of hydrogen-bond donors (Lipinski definition) is 1. The standard InChI is InChI=1S/C32H38O12S/c1-16-11-13-22(14-12-16)45-32-24(36)27(26-23(42-32)15-37-30(43-26)21-9-7-6-8-10-21)44-31-29(41-20(5)35)28(40-19(4)34)25(17(2)38-31)39-18(3)33/h6-14,17,23-32,36H,15H2,1-5H3/t17-,23+,24+,25-,26+,27+,28+,29+,30+,31-,32-/m0/s1. The number of carbonyl (C=O) groups excluding carboxylic acids is 3. The smallest absolute Gasteiger partial charge is 0.303 e. The normalized spacial score (nSPS) is 34.7. The molecule has 0 saturated carbocycles. The fourth-order valence-corrected chi connectivity index (χ4v) is 6.63. The zero-order valence-electron chi connectivity index (χ0n) is 25.6. The zero-order valence-corrected chi connectivity index (χ0v) is 26.4. The third-order valence-corrected chi connectivity index (χ3v) is 8.74. The van der Waals surface area contributed by atoms with Crippen LogP contribution in [0, 0.1) is 6.92 Å². The van der Waals surface area contributed by atoms with Gasteiger partial charge in [0.05, 0.1) is 12.7 Å². The van der Waals surface area contributed by atoms with Crippen LogP contribution in [0.4, 0.5) is 0 Å². The van der Waals surface area contributed by atoms with Crippen molar-refractivity contribution in [3.8, 4) is 0 Å². The second-order valence-electron chi connectivity index (χ2n) is 11.2. The van der Waals surface area contributed by atoms with Crippen molar-refractivity contribution in [2.45, 2.75) is 106 Å². The monoisotopic (exact) mass is 646 g/mol. The molecule has 3 heterocycles. The molecule has 0 unspecified atom stereocenters. The highest BCUT2D eigenvalue weighted by molar-refractivity contribution is 7.99. The van der Waals surface area contributed by atoms with Gasteiger partial charge in [-0.05, 0) is 26.0 Å². The number of aryl methyl sites for hydroxylation is 1. The lowest BCUT2D eigenvalue weighted by atomic mass is 9.96. The molecule has 2 aromatic rings. The molecule has 0 spiro atoms. The molecule has 0 aromatic heterocycles. The van der Waals surface area contributed by atoms with Gasteiger partial charge in [0.2, 0.25) is 0 Å². The summed E-state index contributed by atoms with van der Waals surface area (Å²) in [5, 5.41) is 11.8. The van der Waals surface area contributed by atoms with E-state index < -0.39 is 84.8 Å². The predicted molar refractivity (Wildman–Crippen MR) is 158 cm³/mol. The molecule has 3 fully saturated rings. The van der Waals surface area contributed by atoms with Crippen LogP contribution < -0.4 is 0 Å². The second kappa shape index (κ2) is 14.6. The van der Waals surface area contributed by atoms with Crippen LogP contribution in [0.25, 0.3) is 0 Å². The Balaban J connectivity index is 1.47. The van der Waals surface area contributed by atoms with Crippen LogP contribution in [0.1, 0.15) is 45.1 Å². The van der Waals surface area contributed by atoms with Crippen LogP contribution in [0.2, 0.25) is 0 Å². The molecule has 0 bridgehead atoms. The van der Waals surface area contributed by atoms with Gasteiger partial charge in [-0.2, -0.15) is 0 Å². The largest absolute Gasteiger partial charge is 0.456 e. The van der Waals surface area contributed by atoms with Crippen molar-refractivity contribution in [3.63, 3.8) is 0 Å². The molecule has 2 aromatic carbocycles. The number of fused-ring (bicyclic) bond motifs is 1. The van der Waals surface area contributed by atoms with Crippen LogP contribution in [-0.4, -0.2) is 90.2 Å². The van der Waals surface area contributed by atoms with Crippen molar-refractivity contribution in [2.24, 2.45) is 0 Å². The first-order chi connectivity index (χ1) is 21.5. The van der Waals surface area contributed by atoms with Crippen molar-refractivity contribution in [2.75, 3.05) is 6.61 Å². The molecule has 3 aliphatic rings. The van der Waals surface area contributed by atoms with E-state index in [2.05, 4.69) is 0 Å². The van der Waals surface area contributed by atoms with Gasteiger partial charge in [0.1, 0.15) is 29.9 Å². The molecule has 11 atom stereocenters. The number of aliphatic hydroxyl groups excluding tert-OH is 1. The number of carbonyl (C=O) groups is 3. The van der Waals surface area contributed by atoms with Gasteiger partial charge >= 0.3 is 17.9 Å². The first-order valence-corrected chi connectivity index (χ1v) is 15.6. The van der Waals surface area contributed by atoms with Crippen LogP contribution >= 0.6 is 11.8 Å². The molecule has 3 aliphatic heterocycles. The third-order valence-electron chi connectivity index (χ3n) is 7.58. The number of esters is 3. The maximum Gasteiger partial charge on any atom is 0.303 e. The van der Waals surface area contributed by atoms with E-state index in [4.69, 9.17) is 37.9 Å². The molecule has 0 amide bonds. The summed E-state index contributed by atoms with van der Waals surface area (Å²) in [6, 6.07) is 17.1. The van der Waals surface area contributed by atoms with Gasteiger partial charge in [0, 0.05) is 31.2 Å². The summed E-state index contributed by atoms with van der Waals surface area (Å²) in [7, 11) is 0. The topological polar surface area (TPSA) is 145 Å². The minimum absolute atomic E-state index is 0.141. The average Bonchev–Trinajstić information content (AvgIpc) is 2.99. The van der Waals surface area contributed by atoms with E-state index in [-0.39, 0.29) is 6.61 Å². The van der Waals surface area contributed by atoms with E-state index in [1.54, 1.807) is 6.92 Å². The van der Waals surface area contributed by atoms with E-state index >= 15 is 0 Å². The van der Waals surface area contributed by atoms with Crippen molar-refractivity contribution in [3.05, 3.63) is 65.7 Å². The highest BCUT2D eigenvalue weighted by Crippen LogP contribution is 2.41. The molecule has 0 radical (unpaired) electrons. The molecule has 0 aliphatic carbocycles. The van der Waals surface area contributed by atoms with Crippen LogP contribution in [0.5, 0.6) is 0 Å². The number of benzene rings is 2. The molecular weight excluding hydrogens is 608 g/mol. The Kier molecular flexibility index (Phi) is 10.8. The Morgan fingerprint density at radius 3 is 2.07 bits per heavy atom. The van der Waals surface area contributed by atoms with Crippen LogP contribution in [-0.2, 0) is 52.3 Å². The maximum atomic E-state index is 12.3. The van der Waals surface area contributed by atoms with Gasteiger partial charge in [-0.1, -0.05) is 59.8 Å². The van der Waals surface area contributed by atoms with E-state index in [1.165, 1.54) is 32.5 Å². The minimum Gasteiger partial charge on any atom is -0.456 e. The highest BCUT2D eigenvalue weighted by atomic mass is 32.2. The summed E-state index contributed by atoms with van der Waals surface area (Å²) in [5.41, 5.74) is 1.05. The first kappa shape index (κ1) is 33.3. The first-order valence-electron chi connectivity index (χ1n) is 14.7. The molecule has 13 heteroatoms. The summed E-state index contributed by atoms with van der Waals surface area (Å²) in [6.07, 6.45) is -10.5. The Hall–Kier alpha value is -3.04. The van der Waals surface area contributed by atoms with Gasteiger partial charge in [-0.3, -0.25) is 14.4 Å². The summed E-state index contributed by atoms with van der Waals surface area (Å²) < 4.78 is 47.8. The third kappa shape index (κ3) is 8.04. The van der Waals surface area contributed by atoms with Crippen molar-refractivity contribution in [1.29, 1.82) is 0 Å². The van der Waals surface area contributed by atoms with E-state index in [1.807, 2.05) is 61.5 Å².